The molecule has 2 aromatic heterocycles. The van der Waals surface area contributed by atoms with Gasteiger partial charge in [0.05, 0.1) is 11.7 Å². The molecule has 2 aromatic rings. The Morgan fingerprint density at radius 3 is 2.74 bits per heavy atom. The Balaban J connectivity index is 1.77. The maximum absolute atomic E-state index is 4.78. The van der Waals surface area contributed by atoms with Crippen molar-refractivity contribution in [2.24, 2.45) is 0 Å². The summed E-state index contributed by atoms with van der Waals surface area (Å²) in [7, 11) is 0. The fourth-order valence-corrected chi connectivity index (χ4v) is 3.28. The van der Waals surface area contributed by atoms with E-state index >= 15 is 0 Å². The van der Waals surface area contributed by atoms with Gasteiger partial charge in [-0.3, -0.25) is 9.88 Å². The maximum atomic E-state index is 4.78. The lowest BCUT2D eigenvalue weighted by Crippen LogP contribution is -2.44. The van der Waals surface area contributed by atoms with Crippen LogP contribution in [0, 0.1) is 0 Å². The Morgan fingerprint density at radius 1 is 1.26 bits per heavy atom. The van der Waals surface area contributed by atoms with E-state index in [1.807, 2.05) is 24.5 Å². The minimum atomic E-state index is 0.405. The highest BCUT2D eigenvalue weighted by Gasteiger charge is 2.20. The number of pyridine rings is 1. The Kier molecular flexibility index (Phi) is 3.87. The number of nitrogens with zero attached hydrogens (tertiary/aromatic N) is 3. The highest BCUT2D eigenvalue weighted by atomic mass is 32.1. The Labute approximate surface area is 117 Å². The minimum absolute atomic E-state index is 0.405. The first kappa shape index (κ1) is 12.7. The summed E-state index contributed by atoms with van der Waals surface area (Å²) in [6.07, 6.45) is 3.63. The van der Waals surface area contributed by atoms with E-state index in [1.54, 1.807) is 11.3 Å². The van der Waals surface area contributed by atoms with E-state index in [1.165, 1.54) is 5.01 Å². The van der Waals surface area contributed by atoms with Crippen LogP contribution in [-0.4, -0.2) is 41.0 Å². The monoisotopic (exact) mass is 274 g/mol. The van der Waals surface area contributed by atoms with Crippen molar-refractivity contribution in [3.05, 3.63) is 34.9 Å². The first-order chi connectivity index (χ1) is 9.34. The minimum Gasteiger partial charge on any atom is -0.314 e. The average molecular weight is 274 g/mol. The predicted molar refractivity (Wildman–Crippen MR) is 78.2 cm³/mol. The van der Waals surface area contributed by atoms with E-state index in [-0.39, 0.29) is 0 Å². The fourth-order valence-electron chi connectivity index (χ4n) is 2.36. The van der Waals surface area contributed by atoms with Crippen LogP contribution in [0.1, 0.15) is 18.0 Å². The highest BCUT2D eigenvalue weighted by molar-refractivity contribution is 7.10. The third kappa shape index (κ3) is 2.83. The molecule has 0 aliphatic carbocycles. The van der Waals surface area contributed by atoms with Crippen molar-refractivity contribution < 1.29 is 0 Å². The first-order valence-corrected chi connectivity index (χ1v) is 7.53. The fraction of sp³-hybridized carbons (Fsp3) is 0.429. The normalized spacial score (nSPS) is 18.4. The lowest BCUT2D eigenvalue weighted by Gasteiger charge is -2.31. The molecular formula is C14H18N4S. The maximum Gasteiger partial charge on any atom is 0.110 e. The topological polar surface area (TPSA) is 41.1 Å². The summed E-state index contributed by atoms with van der Waals surface area (Å²) in [5.74, 6) is 0. The van der Waals surface area contributed by atoms with E-state index in [0.717, 1.165) is 37.4 Å². The molecule has 100 valence electrons. The van der Waals surface area contributed by atoms with Crippen LogP contribution in [0.3, 0.4) is 0 Å². The Bertz CT molecular complexity index is 519. The summed E-state index contributed by atoms with van der Waals surface area (Å²) in [5, 5.41) is 6.73. The summed E-state index contributed by atoms with van der Waals surface area (Å²) < 4.78 is 0. The van der Waals surface area contributed by atoms with Crippen molar-refractivity contribution in [3.8, 4) is 11.3 Å². The van der Waals surface area contributed by atoms with E-state index in [9.17, 15) is 0 Å². The van der Waals surface area contributed by atoms with Crippen molar-refractivity contribution in [2.45, 2.75) is 13.0 Å². The van der Waals surface area contributed by atoms with Gasteiger partial charge in [-0.25, -0.2) is 4.98 Å². The molecule has 19 heavy (non-hydrogen) atoms. The van der Waals surface area contributed by atoms with Crippen molar-refractivity contribution >= 4 is 11.3 Å². The van der Waals surface area contributed by atoms with Gasteiger partial charge in [0.15, 0.2) is 0 Å². The van der Waals surface area contributed by atoms with Crippen LogP contribution < -0.4 is 5.32 Å². The third-order valence-electron chi connectivity index (χ3n) is 3.55. The van der Waals surface area contributed by atoms with Crippen molar-refractivity contribution in [1.29, 1.82) is 0 Å². The molecule has 3 rings (SSSR count). The second-order valence-corrected chi connectivity index (χ2v) is 5.66. The van der Waals surface area contributed by atoms with E-state index in [4.69, 9.17) is 4.98 Å². The lowest BCUT2D eigenvalue weighted by atomic mass is 10.2. The molecule has 1 aliphatic heterocycles. The number of hydrogen-bond acceptors (Lipinski definition) is 5. The second kappa shape index (κ2) is 5.77. The molecule has 5 heteroatoms. The van der Waals surface area contributed by atoms with Gasteiger partial charge >= 0.3 is 0 Å². The number of hydrogen-bond donors (Lipinski definition) is 1. The average Bonchev–Trinajstić information content (AvgIpc) is 2.98. The lowest BCUT2D eigenvalue weighted by molar-refractivity contribution is 0.185. The van der Waals surface area contributed by atoms with Crippen LogP contribution in [-0.2, 0) is 0 Å². The van der Waals surface area contributed by atoms with Gasteiger partial charge in [-0.2, -0.15) is 0 Å². The summed E-state index contributed by atoms with van der Waals surface area (Å²) in [5.41, 5.74) is 2.20. The molecule has 1 aliphatic rings. The van der Waals surface area contributed by atoms with Gasteiger partial charge in [0.25, 0.3) is 0 Å². The zero-order valence-corrected chi connectivity index (χ0v) is 11.9. The molecule has 4 nitrogen and oxygen atoms in total. The zero-order valence-electron chi connectivity index (χ0n) is 11.0. The molecule has 1 N–H and O–H groups in total. The molecule has 1 atom stereocenters. The first-order valence-electron chi connectivity index (χ1n) is 6.65. The smallest absolute Gasteiger partial charge is 0.110 e. The van der Waals surface area contributed by atoms with Crippen LogP contribution in [0.25, 0.3) is 11.3 Å². The quantitative estimate of drug-likeness (QED) is 0.931. The zero-order chi connectivity index (χ0) is 13.1. The number of piperazine rings is 1. The van der Waals surface area contributed by atoms with Gasteiger partial charge in [0, 0.05) is 49.5 Å². The largest absolute Gasteiger partial charge is 0.314 e. The molecule has 0 radical (unpaired) electrons. The molecule has 1 fully saturated rings. The summed E-state index contributed by atoms with van der Waals surface area (Å²) in [6, 6.07) is 4.42. The summed E-state index contributed by atoms with van der Waals surface area (Å²) >= 11 is 1.75. The molecule has 1 unspecified atom stereocenters. The third-order valence-corrected chi connectivity index (χ3v) is 4.57. The van der Waals surface area contributed by atoms with Gasteiger partial charge in [-0.05, 0) is 19.1 Å². The van der Waals surface area contributed by atoms with Crippen molar-refractivity contribution in [3.63, 3.8) is 0 Å². The molecule has 0 amide bonds. The molecule has 0 bridgehead atoms. The Hall–Kier alpha value is -1.30. The van der Waals surface area contributed by atoms with Gasteiger partial charge in [0.1, 0.15) is 5.01 Å². The molecule has 0 spiro atoms. The van der Waals surface area contributed by atoms with Crippen LogP contribution in [0.4, 0.5) is 0 Å². The number of rotatable bonds is 3. The summed E-state index contributed by atoms with van der Waals surface area (Å²) in [4.78, 5) is 11.3. The number of nitrogens with one attached hydrogen (secondary N) is 1. The molecule has 0 aromatic carbocycles. The van der Waals surface area contributed by atoms with Crippen LogP contribution >= 0.6 is 11.3 Å². The van der Waals surface area contributed by atoms with E-state index in [2.05, 4.69) is 27.5 Å². The van der Waals surface area contributed by atoms with Gasteiger partial charge < -0.3 is 5.32 Å². The number of aromatic nitrogens is 2. The molecule has 3 heterocycles. The van der Waals surface area contributed by atoms with Crippen molar-refractivity contribution in [2.75, 3.05) is 26.2 Å². The van der Waals surface area contributed by atoms with E-state index < -0.39 is 0 Å². The Morgan fingerprint density at radius 2 is 2.00 bits per heavy atom. The molecular weight excluding hydrogens is 256 g/mol. The molecule has 1 saturated heterocycles. The van der Waals surface area contributed by atoms with Crippen LogP contribution in [0.2, 0.25) is 0 Å². The standard InChI is InChI=1S/C14H18N4S/c1-11(18-8-6-16-7-9-18)14-17-13(10-19-14)12-2-4-15-5-3-12/h2-5,10-11,16H,6-9H2,1H3. The van der Waals surface area contributed by atoms with Gasteiger partial charge in [-0.1, -0.05) is 0 Å². The SMILES string of the molecule is CC(c1nc(-c2ccncc2)cs1)N1CCNCC1. The molecule has 0 saturated carbocycles. The number of thiazole rings is 1. The summed E-state index contributed by atoms with van der Waals surface area (Å²) in [6.45, 7) is 6.61. The van der Waals surface area contributed by atoms with E-state index in [0.29, 0.717) is 6.04 Å². The van der Waals surface area contributed by atoms with Gasteiger partial charge in [0.2, 0.25) is 0 Å². The van der Waals surface area contributed by atoms with Gasteiger partial charge in [-0.15, -0.1) is 11.3 Å². The predicted octanol–water partition coefficient (Wildman–Crippen LogP) is 2.17. The van der Waals surface area contributed by atoms with Crippen LogP contribution in [0.15, 0.2) is 29.9 Å². The van der Waals surface area contributed by atoms with Crippen molar-refractivity contribution in [1.82, 2.24) is 20.2 Å². The second-order valence-electron chi connectivity index (χ2n) is 4.77. The highest BCUT2D eigenvalue weighted by Crippen LogP contribution is 2.28. The van der Waals surface area contributed by atoms with Crippen LogP contribution in [0.5, 0.6) is 0 Å².